The lowest BCUT2D eigenvalue weighted by Crippen LogP contribution is -3.00. The third-order valence-electron chi connectivity index (χ3n) is 3.79. The van der Waals surface area contributed by atoms with Crippen LogP contribution in [0, 0.1) is 5.82 Å². The third-order valence-corrected chi connectivity index (χ3v) is 4.46. The van der Waals surface area contributed by atoms with E-state index in [4.69, 9.17) is 16.0 Å². The van der Waals surface area contributed by atoms with Gasteiger partial charge >= 0.3 is 0 Å². The van der Waals surface area contributed by atoms with E-state index < -0.39 is 0 Å². The smallest absolute Gasteiger partial charge is 0.233 e. The summed E-state index contributed by atoms with van der Waals surface area (Å²) < 4.78 is 22.5. The molecular weight excluding hydrogens is 486 g/mol. The average molecular weight is 499 g/mol. The van der Waals surface area contributed by atoms with Crippen molar-refractivity contribution in [3.05, 3.63) is 81.8 Å². The van der Waals surface area contributed by atoms with Crippen LogP contribution in [0.15, 0.2) is 69.8 Å². The average Bonchev–Trinajstić information content (AvgIpc) is 3.00. The molecule has 4 rings (SSSR count). The van der Waals surface area contributed by atoms with Crippen molar-refractivity contribution in [1.82, 2.24) is 4.98 Å². The maximum absolute atomic E-state index is 13.9. The summed E-state index contributed by atoms with van der Waals surface area (Å²) in [6.07, 6.45) is 3.76. The van der Waals surface area contributed by atoms with Crippen LogP contribution in [0.1, 0.15) is 5.56 Å². The lowest BCUT2D eigenvalue weighted by atomic mass is 10.2. The van der Waals surface area contributed by atoms with E-state index in [0.717, 1.165) is 10.0 Å². The molecule has 0 fully saturated rings. The molecule has 0 aliphatic carbocycles. The van der Waals surface area contributed by atoms with Crippen LogP contribution >= 0.6 is 27.5 Å². The zero-order valence-corrected chi connectivity index (χ0v) is 17.2. The zero-order chi connectivity index (χ0) is 17.4. The third kappa shape index (κ3) is 3.98. The molecule has 0 atom stereocenters. The summed E-state index contributed by atoms with van der Waals surface area (Å²) in [5.74, 6) is 0.258. The van der Waals surface area contributed by atoms with Gasteiger partial charge in [0.05, 0.1) is 10.0 Å². The van der Waals surface area contributed by atoms with Crippen molar-refractivity contribution in [3.8, 4) is 11.5 Å². The van der Waals surface area contributed by atoms with Gasteiger partial charge in [0.15, 0.2) is 24.5 Å². The minimum absolute atomic E-state index is 0. The summed E-state index contributed by atoms with van der Waals surface area (Å²) in [6.45, 7) is 0.408. The molecule has 0 saturated heterocycles. The van der Waals surface area contributed by atoms with E-state index in [1.807, 2.05) is 29.1 Å². The Labute approximate surface area is 173 Å². The molecule has 7 heteroatoms. The topological polar surface area (TPSA) is 29.9 Å². The number of nitrogens with zero attached hydrogens (tertiary/aromatic N) is 2. The highest BCUT2D eigenvalue weighted by molar-refractivity contribution is 9.10. The van der Waals surface area contributed by atoms with E-state index in [1.54, 1.807) is 30.3 Å². The highest BCUT2D eigenvalue weighted by Crippen LogP contribution is 2.27. The molecule has 0 unspecified atom stereocenters. The van der Waals surface area contributed by atoms with Gasteiger partial charge in [-0.2, -0.15) is 4.57 Å². The molecule has 26 heavy (non-hydrogen) atoms. The quantitative estimate of drug-likeness (QED) is 0.406. The van der Waals surface area contributed by atoms with Gasteiger partial charge in [0.25, 0.3) is 0 Å². The number of fused-ring (bicyclic) bond motifs is 1. The van der Waals surface area contributed by atoms with Crippen LogP contribution in [0.3, 0.4) is 0 Å². The van der Waals surface area contributed by atoms with Gasteiger partial charge in [-0.05, 0) is 52.3 Å². The Hall–Kier alpha value is -1.76. The van der Waals surface area contributed by atoms with E-state index in [2.05, 4.69) is 20.9 Å². The molecular formula is C19H12Br2ClFN2O. The van der Waals surface area contributed by atoms with Crippen LogP contribution in [-0.2, 0) is 6.54 Å². The summed E-state index contributed by atoms with van der Waals surface area (Å²) in [5, 5.41) is 0.608. The van der Waals surface area contributed by atoms with Gasteiger partial charge in [0.1, 0.15) is 16.9 Å². The standard InChI is InChI=1S/C19H12BrClFN2O.BrH/c20-14-7-13(19-23-17-8-15(21)5-6-18(17)25-19)10-24(11-14)9-12-3-1-2-4-16(12)22;/h1-8,10-11H,9H2;1H/q+1;/p-1. The molecule has 2 aromatic heterocycles. The minimum atomic E-state index is -0.229. The molecule has 0 bridgehead atoms. The lowest BCUT2D eigenvalue weighted by Gasteiger charge is -2.02. The maximum Gasteiger partial charge on any atom is 0.233 e. The molecule has 0 spiro atoms. The van der Waals surface area contributed by atoms with Crippen molar-refractivity contribution in [3.63, 3.8) is 0 Å². The Kier molecular flexibility index (Phi) is 5.75. The molecule has 0 radical (unpaired) electrons. The number of rotatable bonds is 3. The molecule has 2 heterocycles. The van der Waals surface area contributed by atoms with Crippen molar-refractivity contribution >= 4 is 38.6 Å². The van der Waals surface area contributed by atoms with Crippen molar-refractivity contribution in [2.24, 2.45) is 0 Å². The monoisotopic (exact) mass is 496 g/mol. The van der Waals surface area contributed by atoms with Crippen molar-refractivity contribution < 1.29 is 30.4 Å². The number of hydrogen-bond acceptors (Lipinski definition) is 2. The minimum Gasteiger partial charge on any atom is -1.00 e. The van der Waals surface area contributed by atoms with Gasteiger partial charge in [-0.15, -0.1) is 0 Å². The van der Waals surface area contributed by atoms with E-state index in [9.17, 15) is 4.39 Å². The first-order valence-corrected chi connectivity index (χ1v) is 8.75. The Morgan fingerprint density at radius 2 is 1.92 bits per heavy atom. The predicted molar refractivity (Wildman–Crippen MR) is 97.9 cm³/mol. The number of halogens is 4. The fraction of sp³-hybridized carbons (Fsp3) is 0.0526. The zero-order valence-electron chi connectivity index (χ0n) is 13.3. The lowest BCUT2D eigenvalue weighted by molar-refractivity contribution is -0.688. The van der Waals surface area contributed by atoms with Gasteiger partial charge in [-0.3, -0.25) is 0 Å². The van der Waals surface area contributed by atoms with Crippen LogP contribution in [0.25, 0.3) is 22.6 Å². The predicted octanol–water partition coefficient (Wildman–Crippen LogP) is 2.39. The fourth-order valence-electron chi connectivity index (χ4n) is 2.65. The van der Waals surface area contributed by atoms with Gasteiger partial charge < -0.3 is 21.4 Å². The van der Waals surface area contributed by atoms with Crippen LogP contribution in [-0.4, -0.2) is 4.98 Å². The van der Waals surface area contributed by atoms with Crippen LogP contribution in [0.4, 0.5) is 4.39 Å². The molecule has 0 amide bonds. The fourth-order valence-corrected chi connectivity index (χ4v) is 3.33. The van der Waals surface area contributed by atoms with E-state index in [0.29, 0.717) is 34.1 Å². The Balaban J connectivity index is 0.00000196. The number of oxazole rings is 1. The summed E-state index contributed by atoms with van der Waals surface area (Å²) in [7, 11) is 0. The molecule has 132 valence electrons. The second-order valence-electron chi connectivity index (χ2n) is 5.64. The van der Waals surface area contributed by atoms with Crippen molar-refractivity contribution in [2.75, 3.05) is 0 Å². The number of benzene rings is 2. The first-order chi connectivity index (χ1) is 12.1. The normalized spacial score (nSPS) is 10.7. The molecule has 0 saturated carbocycles. The number of hydrogen-bond donors (Lipinski definition) is 0. The van der Waals surface area contributed by atoms with E-state index in [1.165, 1.54) is 6.07 Å². The summed E-state index contributed by atoms with van der Waals surface area (Å²) in [5.41, 5.74) is 2.77. The summed E-state index contributed by atoms with van der Waals surface area (Å²) in [4.78, 5) is 4.49. The molecule has 4 aromatic rings. The molecule has 3 nitrogen and oxygen atoms in total. The summed E-state index contributed by atoms with van der Waals surface area (Å²) in [6, 6.07) is 13.9. The second kappa shape index (κ2) is 7.86. The molecule has 0 aliphatic heterocycles. The van der Waals surface area contributed by atoms with Gasteiger partial charge in [-0.25, -0.2) is 9.37 Å². The first-order valence-electron chi connectivity index (χ1n) is 7.58. The van der Waals surface area contributed by atoms with E-state index >= 15 is 0 Å². The highest BCUT2D eigenvalue weighted by Gasteiger charge is 2.15. The van der Waals surface area contributed by atoms with Crippen LogP contribution < -0.4 is 21.5 Å². The van der Waals surface area contributed by atoms with Crippen LogP contribution in [0.2, 0.25) is 5.02 Å². The van der Waals surface area contributed by atoms with Gasteiger partial charge in [0.2, 0.25) is 5.89 Å². The highest BCUT2D eigenvalue weighted by atomic mass is 79.9. The molecule has 0 N–H and O–H groups in total. The Morgan fingerprint density at radius 1 is 1.12 bits per heavy atom. The van der Waals surface area contributed by atoms with Gasteiger partial charge in [-0.1, -0.05) is 23.7 Å². The molecule has 0 aliphatic rings. The maximum atomic E-state index is 13.9. The number of aromatic nitrogens is 2. The van der Waals surface area contributed by atoms with Crippen LogP contribution in [0.5, 0.6) is 0 Å². The first kappa shape index (κ1) is 19.0. The van der Waals surface area contributed by atoms with Crippen molar-refractivity contribution in [1.29, 1.82) is 0 Å². The summed E-state index contributed by atoms with van der Waals surface area (Å²) >= 11 is 9.49. The SMILES string of the molecule is Fc1ccccc1C[n+]1cc(Br)cc(-c2nc3cc(Cl)ccc3o2)c1.[Br-]. The Morgan fingerprint density at radius 3 is 2.73 bits per heavy atom. The van der Waals surface area contributed by atoms with Gasteiger partial charge in [0, 0.05) is 5.02 Å². The van der Waals surface area contributed by atoms with E-state index in [-0.39, 0.29) is 22.8 Å². The Bertz CT molecular complexity index is 1080. The number of pyridine rings is 1. The molecule has 2 aromatic carbocycles. The largest absolute Gasteiger partial charge is 1.00 e. The van der Waals surface area contributed by atoms with Crippen molar-refractivity contribution in [2.45, 2.75) is 6.54 Å². The second-order valence-corrected chi connectivity index (χ2v) is 6.99.